The zero-order chi connectivity index (χ0) is 17.3. The molecule has 24 heavy (non-hydrogen) atoms. The van der Waals surface area contributed by atoms with Crippen molar-refractivity contribution in [1.82, 2.24) is 9.97 Å². The van der Waals surface area contributed by atoms with E-state index in [1.807, 2.05) is 0 Å². The number of carbonyl (C=O) groups is 2. The topological polar surface area (TPSA) is 101 Å². The number of ether oxygens (including phenoxy) is 1. The largest absolute Gasteiger partial charge is 0.496 e. The number of nitrogens with one attached hydrogen (secondary N) is 1. The fraction of sp³-hybridized carbons (Fsp3) is 0.0667. The summed E-state index contributed by atoms with van der Waals surface area (Å²) >= 11 is 4.39. The summed E-state index contributed by atoms with van der Waals surface area (Å²) in [5.74, 6) is -1.22. The predicted molar refractivity (Wildman–Crippen MR) is 93.0 cm³/mol. The normalized spacial score (nSPS) is 10.6. The van der Waals surface area contributed by atoms with Crippen LogP contribution in [0.25, 0.3) is 10.2 Å². The average Bonchev–Trinajstić information content (AvgIpc) is 2.95. The number of amides is 1. The number of carboxylic acid groups (broad SMARTS) is 1. The maximum atomic E-state index is 12.2. The molecule has 9 heteroatoms. The Morgan fingerprint density at radius 3 is 2.75 bits per heavy atom. The first-order valence-corrected chi connectivity index (χ1v) is 8.23. The van der Waals surface area contributed by atoms with Gasteiger partial charge in [-0.2, -0.15) is 0 Å². The van der Waals surface area contributed by atoms with E-state index >= 15 is 0 Å². The lowest BCUT2D eigenvalue weighted by molar-refractivity contribution is 0.0693. The second-order valence-corrected chi connectivity index (χ2v) is 6.51. The van der Waals surface area contributed by atoms with E-state index in [0.29, 0.717) is 25.5 Å². The number of rotatable bonds is 4. The first kappa shape index (κ1) is 16.3. The third-order valence-electron chi connectivity index (χ3n) is 3.15. The summed E-state index contributed by atoms with van der Waals surface area (Å²) in [6.45, 7) is 0. The molecule has 0 aliphatic rings. The van der Waals surface area contributed by atoms with Crippen LogP contribution in [0.5, 0.6) is 5.75 Å². The van der Waals surface area contributed by atoms with Gasteiger partial charge in [-0.25, -0.2) is 14.8 Å². The number of fused-ring (bicyclic) bond motifs is 1. The van der Waals surface area contributed by atoms with Crippen LogP contribution < -0.4 is 10.1 Å². The van der Waals surface area contributed by atoms with E-state index in [2.05, 4.69) is 31.2 Å². The Hall–Kier alpha value is -2.52. The summed E-state index contributed by atoms with van der Waals surface area (Å²) in [4.78, 5) is 31.7. The van der Waals surface area contributed by atoms with Gasteiger partial charge in [-0.15, -0.1) is 0 Å². The Morgan fingerprint density at radius 1 is 1.33 bits per heavy atom. The average molecular weight is 408 g/mol. The molecule has 1 aromatic carbocycles. The molecule has 2 N–H and O–H groups in total. The minimum Gasteiger partial charge on any atom is -0.496 e. The molecule has 0 radical (unpaired) electrons. The van der Waals surface area contributed by atoms with Gasteiger partial charge in [-0.1, -0.05) is 11.3 Å². The maximum Gasteiger partial charge on any atom is 0.339 e. The number of aromatic carboxylic acids is 1. The van der Waals surface area contributed by atoms with Gasteiger partial charge in [0.05, 0.1) is 22.9 Å². The third kappa shape index (κ3) is 3.22. The van der Waals surface area contributed by atoms with Crippen molar-refractivity contribution in [3.05, 3.63) is 46.2 Å². The highest BCUT2D eigenvalue weighted by molar-refractivity contribution is 9.10. The number of methoxy groups -OCH3 is 1. The van der Waals surface area contributed by atoms with Crippen LogP contribution in [-0.2, 0) is 0 Å². The fourth-order valence-corrected chi connectivity index (χ4v) is 3.14. The van der Waals surface area contributed by atoms with Crippen LogP contribution in [0.15, 0.2) is 35.1 Å². The van der Waals surface area contributed by atoms with Gasteiger partial charge >= 0.3 is 5.97 Å². The van der Waals surface area contributed by atoms with Crippen molar-refractivity contribution in [3.63, 3.8) is 0 Å². The second-order valence-electron chi connectivity index (χ2n) is 4.67. The number of aromatic nitrogens is 2. The Bertz CT molecular complexity index is 940. The van der Waals surface area contributed by atoms with Crippen LogP contribution >= 0.6 is 27.3 Å². The van der Waals surface area contributed by atoms with Crippen LogP contribution in [0.2, 0.25) is 0 Å². The lowest BCUT2D eigenvalue weighted by Gasteiger charge is -2.03. The minimum absolute atomic E-state index is 0.0450. The number of nitrogens with zero attached hydrogens (tertiary/aromatic N) is 2. The monoisotopic (exact) mass is 407 g/mol. The first-order chi connectivity index (χ1) is 11.5. The molecule has 2 heterocycles. The molecule has 3 rings (SSSR count). The molecule has 3 aromatic rings. The summed E-state index contributed by atoms with van der Waals surface area (Å²) < 4.78 is 6.34. The van der Waals surface area contributed by atoms with Crippen molar-refractivity contribution in [2.45, 2.75) is 0 Å². The molecule has 0 atom stereocenters. The van der Waals surface area contributed by atoms with Crippen molar-refractivity contribution in [2.75, 3.05) is 12.4 Å². The number of benzene rings is 1. The summed E-state index contributed by atoms with van der Waals surface area (Å²) in [6.07, 6.45) is 1.44. The van der Waals surface area contributed by atoms with Crippen molar-refractivity contribution in [3.8, 4) is 5.75 Å². The molecular weight excluding hydrogens is 398 g/mol. The van der Waals surface area contributed by atoms with Crippen LogP contribution in [0.1, 0.15) is 20.7 Å². The Labute approximate surface area is 148 Å². The predicted octanol–water partition coefficient (Wildman–Crippen LogP) is 3.41. The Balaban J connectivity index is 1.91. The summed E-state index contributed by atoms with van der Waals surface area (Å²) in [5.41, 5.74) is 0.982. The highest BCUT2D eigenvalue weighted by Gasteiger charge is 2.16. The fourth-order valence-electron chi connectivity index (χ4n) is 2.02. The number of hydrogen-bond acceptors (Lipinski definition) is 6. The molecule has 0 aliphatic heterocycles. The van der Waals surface area contributed by atoms with Crippen molar-refractivity contribution in [1.29, 1.82) is 0 Å². The number of carbonyl (C=O) groups excluding carboxylic acids is 1. The summed E-state index contributed by atoms with van der Waals surface area (Å²) in [5, 5.41) is 12.2. The molecule has 7 nitrogen and oxygen atoms in total. The molecule has 0 bridgehead atoms. The molecule has 0 aliphatic carbocycles. The smallest absolute Gasteiger partial charge is 0.339 e. The van der Waals surface area contributed by atoms with Gasteiger partial charge in [-0.05, 0) is 34.1 Å². The third-order valence-corrected chi connectivity index (χ3v) is 4.55. The quantitative estimate of drug-likeness (QED) is 0.642. The minimum atomic E-state index is -1.09. The van der Waals surface area contributed by atoms with Gasteiger partial charge < -0.3 is 9.84 Å². The van der Waals surface area contributed by atoms with Gasteiger partial charge in [0.15, 0.2) is 5.13 Å². The van der Waals surface area contributed by atoms with Crippen LogP contribution in [-0.4, -0.2) is 34.1 Å². The number of carboxylic acids is 1. The van der Waals surface area contributed by atoms with E-state index < -0.39 is 5.97 Å². The molecule has 2 aromatic heterocycles. The second kappa shape index (κ2) is 6.54. The first-order valence-electron chi connectivity index (χ1n) is 6.62. The van der Waals surface area contributed by atoms with Gasteiger partial charge in [0.2, 0.25) is 0 Å². The number of hydrogen-bond donors (Lipinski definition) is 2. The van der Waals surface area contributed by atoms with Gasteiger partial charge in [0.25, 0.3) is 5.91 Å². The molecular formula is C15H10BrN3O4S. The number of pyridine rings is 1. The van der Waals surface area contributed by atoms with Crippen LogP contribution in [0, 0.1) is 0 Å². The Kier molecular flexibility index (Phi) is 4.45. The molecule has 0 saturated carbocycles. The van der Waals surface area contributed by atoms with Gasteiger partial charge in [-0.3, -0.25) is 10.1 Å². The Morgan fingerprint density at radius 2 is 2.12 bits per heavy atom. The molecule has 0 fully saturated rings. The van der Waals surface area contributed by atoms with Gasteiger partial charge in [0, 0.05) is 12.3 Å². The highest BCUT2D eigenvalue weighted by atomic mass is 79.9. The maximum absolute atomic E-state index is 12.2. The zero-order valence-electron chi connectivity index (χ0n) is 12.2. The molecule has 122 valence electrons. The lowest BCUT2D eigenvalue weighted by Crippen LogP contribution is -2.11. The van der Waals surface area contributed by atoms with E-state index in [1.165, 1.54) is 36.8 Å². The highest BCUT2D eigenvalue weighted by Crippen LogP contribution is 2.32. The van der Waals surface area contributed by atoms with E-state index in [4.69, 9.17) is 4.74 Å². The summed E-state index contributed by atoms with van der Waals surface area (Å²) in [6, 6.07) is 6.31. The lowest BCUT2D eigenvalue weighted by atomic mass is 10.2. The molecule has 0 saturated heterocycles. The van der Waals surface area contributed by atoms with E-state index in [9.17, 15) is 14.7 Å². The van der Waals surface area contributed by atoms with Crippen molar-refractivity contribution < 1.29 is 19.4 Å². The van der Waals surface area contributed by atoms with Crippen LogP contribution in [0.3, 0.4) is 0 Å². The molecule has 1 amide bonds. The van der Waals surface area contributed by atoms with Crippen LogP contribution in [0.4, 0.5) is 5.13 Å². The van der Waals surface area contributed by atoms with Crippen molar-refractivity contribution in [2.24, 2.45) is 0 Å². The molecule has 0 spiro atoms. The standard InChI is InChI=1S/C15H10BrN3O4S/c1-23-10-5-9-11(4-8(10)14(21)22)24-15(18-9)19-13(20)7-2-3-12(16)17-6-7/h2-6H,1H3,(H,21,22)(H,18,19,20). The van der Waals surface area contributed by atoms with Crippen molar-refractivity contribution >= 4 is 54.5 Å². The van der Waals surface area contributed by atoms with E-state index in [-0.39, 0.29) is 17.2 Å². The molecule has 0 unspecified atom stereocenters. The number of thiazole rings is 1. The summed E-state index contributed by atoms with van der Waals surface area (Å²) in [7, 11) is 1.39. The van der Waals surface area contributed by atoms with E-state index in [1.54, 1.807) is 12.1 Å². The number of anilines is 1. The zero-order valence-corrected chi connectivity index (χ0v) is 14.6. The van der Waals surface area contributed by atoms with E-state index in [0.717, 1.165) is 0 Å². The van der Waals surface area contributed by atoms with Gasteiger partial charge in [0.1, 0.15) is 15.9 Å². The SMILES string of the molecule is COc1cc2nc(NC(=O)c3ccc(Br)nc3)sc2cc1C(=O)O. The number of halogens is 1.